The molecule has 0 heterocycles. The molecule has 58 valence electrons. The first-order valence-corrected chi connectivity index (χ1v) is 3.71. The minimum Gasteiger partial charge on any atom is -0.300 e. The van der Waals surface area contributed by atoms with Gasteiger partial charge in [-0.3, -0.25) is 4.79 Å². The summed E-state index contributed by atoms with van der Waals surface area (Å²) in [5, 5.41) is 0. The second kappa shape index (κ2) is 4.26. The number of allylic oxidation sites excluding steroid dienone is 1. The number of hydrogen-bond acceptors (Lipinski definition) is 1. The van der Waals surface area contributed by atoms with Gasteiger partial charge in [-0.25, -0.2) is 0 Å². The predicted octanol–water partition coefficient (Wildman–Crippen LogP) is 2.42. The van der Waals surface area contributed by atoms with Gasteiger partial charge in [0.2, 0.25) is 0 Å². The first kappa shape index (κ1) is 9.41. The summed E-state index contributed by atoms with van der Waals surface area (Å²) in [7, 11) is 0. The normalized spacial score (nSPS) is 15.9. The van der Waals surface area contributed by atoms with Gasteiger partial charge in [0.25, 0.3) is 0 Å². The second-order valence-electron chi connectivity index (χ2n) is 2.96. The van der Waals surface area contributed by atoms with Gasteiger partial charge in [0.05, 0.1) is 0 Å². The Labute approximate surface area is 63.1 Å². The van der Waals surface area contributed by atoms with Crippen LogP contribution in [0.15, 0.2) is 12.7 Å². The maximum Gasteiger partial charge on any atom is 0.132 e. The molecule has 0 saturated carbocycles. The molecule has 0 rings (SSSR count). The lowest BCUT2D eigenvalue weighted by Crippen LogP contribution is -2.09. The minimum atomic E-state index is 0.188. The van der Waals surface area contributed by atoms with E-state index in [9.17, 15) is 4.79 Å². The standard InChI is InChI=1S/C9H16O/c1-5-7(2)6-8(3)9(4)10/h5,7-8H,1,6H2,2-4H3/t7-,8-/m1/s1. The van der Waals surface area contributed by atoms with Crippen molar-refractivity contribution < 1.29 is 4.79 Å². The molecule has 0 amide bonds. The molecular formula is C9H16O. The number of carbonyl (C=O) groups excluding carboxylic acids is 1. The lowest BCUT2D eigenvalue weighted by atomic mass is 9.95. The smallest absolute Gasteiger partial charge is 0.132 e. The molecule has 0 aromatic carbocycles. The van der Waals surface area contributed by atoms with Crippen LogP contribution in [0.2, 0.25) is 0 Å². The van der Waals surface area contributed by atoms with Crippen molar-refractivity contribution >= 4 is 5.78 Å². The fourth-order valence-corrected chi connectivity index (χ4v) is 0.820. The van der Waals surface area contributed by atoms with Gasteiger partial charge in [-0.05, 0) is 19.3 Å². The van der Waals surface area contributed by atoms with Crippen LogP contribution in [-0.4, -0.2) is 5.78 Å². The highest BCUT2D eigenvalue weighted by Gasteiger charge is 2.09. The first-order valence-electron chi connectivity index (χ1n) is 3.71. The molecule has 0 aromatic rings. The van der Waals surface area contributed by atoms with Gasteiger partial charge in [-0.1, -0.05) is 19.9 Å². The number of ketones is 1. The first-order chi connectivity index (χ1) is 4.57. The van der Waals surface area contributed by atoms with E-state index < -0.39 is 0 Å². The summed E-state index contributed by atoms with van der Waals surface area (Å²) in [5.41, 5.74) is 0. The zero-order valence-electron chi connectivity index (χ0n) is 7.05. The summed E-state index contributed by atoms with van der Waals surface area (Å²) in [4.78, 5) is 10.8. The van der Waals surface area contributed by atoms with E-state index >= 15 is 0 Å². The predicted molar refractivity (Wildman–Crippen MR) is 43.8 cm³/mol. The van der Waals surface area contributed by atoms with Crippen LogP contribution in [-0.2, 0) is 4.79 Å². The molecule has 0 aromatic heterocycles. The van der Waals surface area contributed by atoms with Gasteiger partial charge in [-0.2, -0.15) is 0 Å². The van der Waals surface area contributed by atoms with Crippen molar-refractivity contribution in [1.82, 2.24) is 0 Å². The topological polar surface area (TPSA) is 17.1 Å². The Morgan fingerprint density at radius 3 is 2.40 bits per heavy atom. The van der Waals surface area contributed by atoms with Crippen molar-refractivity contribution in [3.05, 3.63) is 12.7 Å². The third-order valence-electron chi connectivity index (χ3n) is 1.82. The van der Waals surface area contributed by atoms with Crippen LogP contribution in [0.1, 0.15) is 27.2 Å². The minimum absolute atomic E-state index is 0.188. The maximum atomic E-state index is 10.8. The molecule has 0 unspecified atom stereocenters. The van der Waals surface area contributed by atoms with E-state index in [0.29, 0.717) is 5.92 Å². The lowest BCUT2D eigenvalue weighted by molar-refractivity contribution is -0.120. The SMILES string of the molecule is C=C[C@@H](C)C[C@@H](C)C(C)=O. The summed E-state index contributed by atoms with van der Waals surface area (Å²) < 4.78 is 0. The van der Waals surface area contributed by atoms with Crippen LogP contribution in [0.5, 0.6) is 0 Å². The zero-order chi connectivity index (χ0) is 8.15. The van der Waals surface area contributed by atoms with Crippen LogP contribution in [0, 0.1) is 11.8 Å². The van der Waals surface area contributed by atoms with E-state index in [1.54, 1.807) is 6.92 Å². The molecular weight excluding hydrogens is 124 g/mol. The summed E-state index contributed by atoms with van der Waals surface area (Å²) in [6, 6.07) is 0. The highest BCUT2D eigenvalue weighted by atomic mass is 16.1. The molecule has 0 fully saturated rings. The monoisotopic (exact) mass is 140 g/mol. The van der Waals surface area contributed by atoms with Crippen molar-refractivity contribution in [2.75, 3.05) is 0 Å². The molecule has 0 radical (unpaired) electrons. The van der Waals surface area contributed by atoms with E-state index in [1.165, 1.54) is 0 Å². The Morgan fingerprint density at radius 1 is 1.60 bits per heavy atom. The van der Waals surface area contributed by atoms with Crippen LogP contribution in [0.4, 0.5) is 0 Å². The van der Waals surface area contributed by atoms with E-state index in [-0.39, 0.29) is 11.7 Å². The van der Waals surface area contributed by atoms with Crippen molar-refractivity contribution in [3.8, 4) is 0 Å². The average Bonchev–Trinajstić information content (AvgIpc) is 1.87. The summed E-state index contributed by atoms with van der Waals surface area (Å²) in [6.45, 7) is 9.34. The van der Waals surface area contributed by atoms with Gasteiger partial charge in [-0.15, -0.1) is 6.58 Å². The fourth-order valence-electron chi connectivity index (χ4n) is 0.820. The molecule has 0 aliphatic heterocycles. The third-order valence-corrected chi connectivity index (χ3v) is 1.82. The van der Waals surface area contributed by atoms with Gasteiger partial charge in [0.15, 0.2) is 0 Å². The van der Waals surface area contributed by atoms with E-state index in [4.69, 9.17) is 0 Å². The van der Waals surface area contributed by atoms with E-state index in [0.717, 1.165) is 6.42 Å². The molecule has 0 aliphatic carbocycles. The van der Waals surface area contributed by atoms with Gasteiger partial charge in [0.1, 0.15) is 5.78 Å². The third kappa shape index (κ3) is 3.44. The molecule has 0 aliphatic rings. The molecule has 2 atom stereocenters. The maximum absolute atomic E-state index is 10.8. The molecule has 0 N–H and O–H groups in total. The molecule has 1 heteroatoms. The molecule has 0 bridgehead atoms. The molecule has 0 spiro atoms. The van der Waals surface area contributed by atoms with Gasteiger partial charge >= 0.3 is 0 Å². The average molecular weight is 140 g/mol. The van der Waals surface area contributed by atoms with Crippen molar-refractivity contribution in [3.63, 3.8) is 0 Å². The molecule has 0 saturated heterocycles. The van der Waals surface area contributed by atoms with Crippen LogP contribution < -0.4 is 0 Å². The zero-order valence-corrected chi connectivity index (χ0v) is 7.05. The molecule has 1 nitrogen and oxygen atoms in total. The summed E-state index contributed by atoms with van der Waals surface area (Å²) in [6.07, 6.45) is 2.82. The summed E-state index contributed by atoms with van der Waals surface area (Å²) >= 11 is 0. The fraction of sp³-hybridized carbons (Fsp3) is 0.667. The van der Waals surface area contributed by atoms with E-state index in [1.807, 2.05) is 13.0 Å². The van der Waals surface area contributed by atoms with Crippen LogP contribution >= 0.6 is 0 Å². The van der Waals surface area contributed by atoms with Gasteiger partial charge < -0.3 is 0 Å². The number of Topliss-reactive ketones (excluding diaryl/α,β-unsaturated/α-hetero) is 1. The summed E-state index contributed by atoms with van der Waals surface area (Å²) in [5.74, 6) is 0.917. The number of rotatable bonds is 4. The lowest BCUT2D eigenvalue weighted by Gasteiger charge is -2.09. The van der Waals surface area contributed by atoms with Crippen molar-refractivity contribution in [1.29, 1.82) is 0 Å². The van der Waals surface area contributed by atoms with Crippen LogP contribution in [0.25, 0.3) is 0 Å². The largest absolute Gasteiger partial charge is 0.300 e. The Morgan fingerprint density at radius 2 is 2.10 bits per heavy atom. The van der Waals surface area contributed by atoms with Gasteiger partial charge in [0, 0.05) is 5.92 Å². The number of hydrogen-bond donors (Lipinski definition) is 0. The van der Waals surface area contributed by atoms with Crippen molar-refractivity contribution in [2.45, 2.75) is 27.2 Å². The van der Waals surface area contributed by atoms with Crippen molar-refractivity contribution in [2.24, 2.45) is 11.8 Å². The highest BCUT2D eigenvalue weighted by molar-refractivity contribution is 5.77. The van der Waals surface area contributed by atoms with Crippen LogP contribution in [0.3, 0.4) is 0 Å². The Hall–Kier alpha value is -0.590. The Kier molecular flexibility index (Phi) is 4.01. The number of carbonyl (C=O) groups is 1. The van der Waals surface area contributed by atoms with E-state index in [2.05, 4.69) is 13.5 Å². The molecule has 10 heavy (non-hydrogen) atoms. The Bertz CT molecular complexity index is 127. The second-order valence-corrected chi connectivity index (χ2v) is 2.96. The Balaban J connectivity index is 3.67. The quantitative estimate of drug-likeness (QED) is 0.548. The highest BCUT2D eigenvalue weighted by Crippen LogP contribution is 2.12.